The van der Waals surface area contributed by atoms with Crippen molar-refractivity contribution in [2.45, 2.75) is 11.1 Å². The Labute approximate surface area is 93.9 Å². The van der Waals surface area contributed by atoms with Crippen LogP contribution in [0.2, 0.25) is 0 Å². The van der Waals surface area contributed by atoms with Crippen molar-refractivity contribution in [1.82, 2.24) is 0 Å². The molecule has 0 fully saturated rings. The molecule has 0 saturated heterocycles. The van der Waals surface area contributed by atoms with Crippen LogP contribution in [0, 0.1) is 0 Å². The van der Waals surface area contributed by atoms with Gasteiger partial charge in [0.15, 0.2) is 0 Å². The molecule has 5 nitrogen and oxygen atoms in total. The fourth-order valence-electron chi connectivity index (χ4n) is 0.832. The van der Waals surface area contributed by atoms with E-state index in [0.29, 0.717) is 0 Å². The van der Waals surface area contributed by atoms with Gasteiger partial charge in [-0.1, -0.05) is 0 Å². The molecule has 94 valence electrons. The van der Waals surface area contributed by atoms with E-state index >= 15 is 0 Å². The predicted octanol–water partition coefficient (Wildman–Crippen LogP) is 0.402. The molecular weight excluding hydrogens is 263 g/mol. The minimum absolute atomic E-state index is 0.272. The minimum Gasteiger partial charge on any atom is -0.855 e. The van der Waals surface area contributed by atoms with E-state index < -0.39 is 27.0 Å². The molecule has 0 amide bonds. The van der Waals surface area contributed by atoms with Gasteiger partial charge in [-0.2, -0.15) is 26.0 Å². The molecule has 0 saturated carbocycles. The lowest BCUT2D eigenvalue weighted by Gasteiger charge is -2.13. The summed E-state index contributed by atoms with van der Waals surface area (Å²) < 4.78 is 60.0. The molecule has 0 aliphatic carbocycles. The molecule has 1 N–H and O–H groups in total. The monoisotopic (exact) mass is 268 g/mol. The van der Waals surface area contributed by atoms with E-state index in [1.165, 1.54) is 0 Å². The lowest BCUT2D eigenvalue weighted by molar-refractivity contribution is -0.261. The molecule has 0 aliphatic heterocycles. The number of benzene rings is 1. The molecule has 1 aromatic carbocycles. The zero-order chi connectivity index (χ0) is 13.3. The van der Waals surface area contributed by atoms with E-state index in [0.717, 1.165) is 24.3 Å². The first-order valence-corrected chi connectivity index (χ1v) is 5.45. The van der Waals surface area contributed by atoms with E-state index in [1.807, 2.05) is 0 Å². The highest BCUT2D eigenvalue weighted by molar-refractivity contribution is 7.90. The van der Waals surface area contributed by atoms with Crippen LogP contribution in [0.4, 0.5) is 13.2 Å². The zero-order valence-electron chi connectivity index (χ0n) is 7.97. The van der Waals surface area contributed by atoms with Crippen LogP contribution in [0.5, 0.6) is 5.75 Å². The molecule has 0 aromatic heterocycles. The second kappa shape index (κ2) is 4.24. The van der Waals surface area contributed by atoms with Gasteiger partial charge >= 0.3 is 6.18 Å². The first kappa shape index (κ1) is 13.3. The van der Waals surface area contributed by atoms with Crippen molar-refractivity contribution in [3.05, 3.63) is 24.3 Å². The average molecular weight is 268 g/mol. The minimum atomic E-state index is -5.34. The molecule has 1 aromatic rings. The number of phenols is 1. The van der Waals surface area contributed by atoms with Gasteiger partial charge in [-0.15, -0.1) is 0 Å². The Morgan fingerprint density at radius 3 is 2.12 bits per heavy atom. The van der Waals surface area contributed by atoms with E-state index in [-0.39, 0.29) is 5.75 Å². The third-order valence-corrected chi connectivity index (χ3v) is 2.85. The summed E-state index contributed by atoms with van der Waals surface area (Å²) in [4.78, 5) is -0.618. The number of phenolic OH excluding ortho intramolecular Hbond substituents is 1. The van der Waals surface area contributed by atoms with Crippen LogP contribution in [0.3, 0.4) is 0 Å². The van der Waals surface area contributed by atoms with Gasteiger partial charge in [-0.3, -0.25) is 0 Å². The maximum Gasteiger partial charge on any atom is 0.420 e. The van der Waals surface area contributed by atoms with Crippen LogP contribution >= 0.6 is 0 Å². The van der Waals surface area contributed by atoms with Crippen molar-refractivity contribution in [3.63, 3.8) is 0 Å². The van der Waals surface area contributed by atoms with Crippen LogP contribution in [0.1, 0.15) is 0 Å². The summed E-state index contributed by atoms with van der Waals surface area (Å²) in [7, 11) is -4.72. The molecule has 0 heterocycles. The first-order chi connectivity index (χ1) is 7.63. The zero-order valence-corrected chi connectivity index (χ0v) is 8.79. The molecule has 0 radical (unpaired) electrons. The largest absolute Gasteiger partial charge is 0.855 e. The van der Waals surface area contributed by atoms with Gasteiger partial charge in [0.25, 0.3) is 10.0 Å². The summed E-state index contributed by atoms with van der Waals surface area (Å²) in [6.07, 6.45) is -5.34. The highest BCUT2D eigenvalue weighted by Gasteiger charge is 2.30. The van der Waals surface area contributed by atoms with Crippen molar-refractivity contribution < 1.29 is 31.8 Å². The molecule has 0 spiro atoms. The SMILES string of the molecule is O=S(=O)(/N=C(\[O-])C(F)(F)F)c1ccc(O)cc1. The quantitative estimate of drug-likeness (QED) is 0.621. The number of hydrogen-bond donors (Lipinski definition) is 1. The standard InChI is InChI=1S/C8H6F3NO4S/c9-8(10,11)7(14)12-17(15,16)6-3-1-5(13)2-4-6/h1-4,13H,(H,12,14)/p-1. The van der Waals surface area contributed by atoms with E-state index in [2.05, 4.69) is 4.40 Å². The number of sulfonamides is 1. The molecule has 0 atom stereocenters. The molecule has 1 rings (SSSR count). The summed E-state index contributed by atoms with van der Waals surface area (Å²) in [5.41, 5.74) is 0. The maximum absolute atomic E-state index is 11.8. The molecule has 9 heteroatoms. The second-order valence-electron chi connectivity index (χ2n) is 2.86. The molecule has 0 aliphatic rings. The number of alkyl halides is 3. The number of nitrogens with zero attached hydrogens (tertiary/aromatic N) is 1. The van der Waals surface area contributed by atoms with Crippen molar-refractivity contribution in [2.24, 2.45) is 4.40 Å². The summed E-state index contributed by atoms with van der Waals surface area (Å²) in [5, 5.41) is 19.3. The Morgan fingerprint density at radius 1 is 1.24 bits per heavy atom. The highest BCUT2D eigenvalue weighted by Crippen LogP contribution is 2.19. The van der Waals surface area contributed by atoms with Gasteiger partial charge in [-0.05, 0) is 24.3 Å². The van der Waals surface area contributed by atoms with Crippen molar-refractivity contribution in [2.75, 3.05) is 0 Å². The van der Waals surface area contributed by atoms with Crippen LogP contribution in [-0.2, 0) is 10.0 Å². The summed E-state index contributed by atoms with van der Waals surface area (Å²) >= 11 is 0. The molecule has 0 unspecified atom stereocenters. The Balaban J connectivity index is 3.18. The number of hydrogen-bond acceptors (Lipinski definition) is 4. The van der Waals surface area contributed by atoms with Crippen LogP contribution < -0.4 is 5.11 Å². The van der Waals surface area contributed by atoms with Gasteiger partial charge in [0.05, 0.1) is 10.8 Å². The smallest absolute Gasteiger partial charge is 0.420 e. The van der Waals surface area contributed by atoms with Crippen molar-refractivity contribution in [3.8, 4) is 5.75 Å². The van der Waals surface area contributed by atoms with Gasteiger partial charge in [0.1, 0.15) is 5.75 Å². The predicted molar refractivity (Wildman–Crippen MR) is 48.8 cm³/mol. The van der Waals surface area contributed by atoms with Gasteiger partial charge < -0.3 is 10.2 Å². The van der Waals surface area contributed by atoms with E-state index in [1.54, 1.807) is 0 Å². The third kappa shape index (κ3) is 3.34. The van der Waals surface area contributed by atoms with Crippen molar-refractivity contribution in [1.29, 1.82) is 0 Å². The fourth-order valence-corrected chi connectivity index (χ4v) is 1.74. The van der Waals surface area contributed by atoms with E-state index in [4.69, 9.17) is 5.11 Å². The maximum atomic E-state index is 11.8. The third-order valence-electron chi connectivity index (χ3n) is 1.58. The Hall–Kier alpha value is -1.77. The molecule has 0 bridgehead atoms. The number of rotatable bonds is 2. The van der Waals surface area contributed by atoms with Crippen molar-refractivity contribution >= 4 is 15.9 Å². The molecule has 17 heavy (non-hydrogen) atoms. The fraction of sp³-hybridized carbons (Fsp3) is 0.125. The summed E-state index contributed by atoms with van der Waals surface area (Å²) in [6, 6.07) is 3.55. The summed E-state index contributed by atoms with van der Waals surface area (Å²) in [6.45, 7) is 0. The Bertz CT molecular complexity index is 533. The topological polar surface area (TPSA) is 89.8 Å². The normalized spacial score (nSPS) is 13.7. The lowest BCUT2D eigenvalue weighted by Crippen LogP contribution is -2.35. The van der Waals surface area contributed by atoms with Gasteiger partial charge in [0, 0.05) is 0 Å². The van der Waals surface area contributed by atoms with Gasteiger partial charge in [-0.25, -0.2) is 0 Å². The Kier molecular flexibility index (Phi) is 3.32. The van der Waals surface area contributed by atoms with Crippen LogP contribution in [0.25, 0.3) is 0 Å². The number of aromatic hydroxyl groups is 1. The summed E-state index contributed by atoms with van der Waals surface area (Å²) in [5.74, 6) is -2.98. The van der Waals surface area contributed by atoms with Gasteiger partial charge in [0.2, 0.25) is 0 Å². The highest BCUT2D eigenvalue weighted by atomic mass is 32.2. The first-order valence-electron chi connectivity index (χ1n) is 4.01. The Morgan fingerprint density at radius 2 is 1.71 bits per heavy atom. The van der Waals surface area contributed by atoms with E-state index in [9.17, 15) is 26.7 Å². The average Bonchev–Trinajstić information content (AvgIpc) is 2.16. The lowest BCUT2D eigenvalue weighted by atomic mass is 10.3. The van der Waals surface area contributed by atoms with Crippen LogP contribution in [0.15, 0.2) is 33.6 Å². The van der Waals surface area contributed by atoms with Crippen LogP contribution in [-0.4, -0.2) is 25.6 Å². The molecular formula is C8H5F3NO4S-. The second-order valence-corrected chi connectivity index (χ2v) is 4.47. The number of halogens is 3.